The number of methoxy groups -OCH3 is 1. The van der Waals surface area contributed by atoms with Crippen LogP contribution < -0.4 is 15.8 Å². The van der Waals surface area contributed by atoms with Crippen molar-refractivity contribution in [1.29, 1.82) is 0 Å². The highest BCUT2D eigenvalue weighted by Crippen LogP contribution is 2.30. The number of nitrogen functional groups attached to an aromatic ring is 1. The zero-order valence-corrected chi connectivity index (χ0v) is 18.3. The average Bonchev–Trinajstić information content (AvgIpc) is 3.47. The van der Waals surface area contributed by atoms with E-state index in [9.17, 15) is 0 Å². The molecule has 160 valence electrons. The first-order valence-corrected chi connectivity index (χ1v) is 11.1. The molecule has 0 spiro atoms. The van der Waals surface area contributed by atoms with Gasteiger partial charge in [-0.05, 0) is 42.1 Å². The summed E-state index contributed by atoms with van der Waals surface area (Å²) in [6, 6.07) is 19.7. The molecule has 0 fully saturated rings. The van der Waals surface area contributed by atoms with E-state index in [1.54, 1.807) is 24.6 Å². The number of hydrogen-bond donors (Lipinski definition) is 2. The highest BCUT2D eigenvalue weighted by Gasteiger charge is 2.17. The van der Waals surface area contributed by atoms with Crippen molar-refractivity contribution in [2.45, 2.75) is 6.42 Å². The summed E-state index contributed by atoms with van der Waals surface area (Å²) < 4.78 is 7.46. The first-order chi connectivity index (χ1) is 15.7. The topological polar surface area (TPSA) is 90.9 Å². The lowest BCUT2D eigenvalue weighted by Gasteiger charge is -2.11. The number of nitrogens with one attached hydrogen (secondary N) is 1. The van der Waals surface area contributed by atoms with Crippen molar-refractivity contribution in [2.24, 2.45) is 0 Å². The van der Waals surface area contributed by atoms with Crippen LogP contribution in [0.1, 0.15) is 4.88 Å². The molecule has 0 radical (unpaired) electrons. The van der Waals surface area contributed by atoms with Gasteiger partial charge in [-0.25, -0.2) is 9.97 Å². The highest BCUT2D eigenvalue weighted by molar-refractivity contribution is 7.09. The van der Waals surface area contributed by atoms with Crippen LogP contribution in [0.4, 0.5) is 11.6 Å². The molecule has 3 aromatic heterocycles. The van der Waals surface area contributed by atoms with Gasteiger partial charge in [-0.1, -0.05) is 24.3 Å². The summed E-state index contributed by atoms with van der Waals surface area (Å²) in [5.41, 5.74) is 9.94. The molecule has 5 rings (SSSR count). The minimum Gasteiger partial charge on any atom is -0.497 e. The standard InChI is InChI=1S/C24H22N6OS/c1-31-19-8-3-7-18(14-19)30-22(16-5-2-6-17(25)13-16)28-21-15-27-24(29-23(21)30)26-11-10-20-9-4-12-32-20/h2-9,12-15H,10-11,25H2,1H3,(H,26,27,29). The molecule has 3 heterocycles. The quantitative estimate of drug-likeness (QED) is 0.352. The molecule has 0 amide bonds. The van der Waals surface area contributed by atoms with E-state index in [2.05, 4.69) is 27.8 Å². The Hall–Kier alpha value is -3.91. The second-order valence-corrected chi connectivity index (χ2v) is 8.29. The minimum absolute atomic E-state index is 0.567. The van der Waals surface area contributed by atoms with Gasteiger partial charge in [0.25, 0.3) is 0 Å². The molecule has 3 N–H and O–H groups in total. The van der Waals surface area contributed by atoms with Crippen LogP contribution in [0.15, 0.2) is 72.2 Å². The van der Waals surface area contributed by atoms with Crippen molar-refractivity contribution < 1.29 is 4.74 Å². The normalized spacial score (nSPS) is 11.0. The molecule has 0 aliphatic rings. The second-order valence-electron chi connectivity index (χ2n) is 7.26. The van der Waals surface area contributed by atoms with E-state index in [-0.39, 0.29) is 0 Å². The summed E-state index contributed by atoms with van der Waals surface area (Å²) in [6.07, 6.45) is 2.67. The monoisotopic (exact) mass is 442 g/mol. The minimum atomic E-state index is 0.567. The van der Waals surface area contributed by atoms with Crippen LogP contribution in [0.3, 0.4) is 0 Å². The van der Waals surface area contributed by atoms with E-state index in [1.165, 1.54) is 4.88 Å². The van der Waals surface area contributed by atoms with Gasteiger partial charge in [0, 0.05) is 28.7 Å². The Balaban J connectivity index is 1.59. The molecule has 0 saturated heterocycles. The molecule has 32 heavy (non-hydrogen) atoms. The molecule has 0 unspecified atom stereocenters. The lowest BCUT2D eigenvalue weighted by Crippen LogP contribution is -2.08. The van der Waals surface area contributed by atoms with Crippen molar-refractivity contribution in [1.82, 2.24) is 19.5 Å². The smallest absolute Gasteiger partial charge is 0.224 e. The summed E-state index contributed by atoms with van der Waals surface area (Å²) in [4.78, 5) is 15.4. The lowest BCUT2D eigenvalue weighted by molar-refractivity contribution is 0.414. The Morgan fingerprint density at radius 3 is 2.78 bits per heavy atom. The summed E-state index contributed by atoms with van der Waals surface area (Å²) in [5.74, 6) is 2.06. The van der Waals surface area contributed by atoms with E-state index >= 15 is 0 Å². The van der Waals surface area contributed by atoms with E-state index < -0.39 is 0 Å². The third kappa shape index (κ3) is 4.00. The van der Waals surface area contributed by atoms with Crippen LogP contribution >= 0.6 is 11.3 Å². The van der Waals surface area contributed by atoms with Crippen molar-refractivity contribution in [2.75, 3.05) is 24.7 Å². The number of hydrogen-bond acceptors (Lipinski definition) is 7. The molecule has 0 aliphatic carbocycles. The molecule has 0 atom stereocenters. The highest BCUT2D eigenvalue weighted by atomic mass is 32.1. The Labute approximate surface area is 189 Å². The Bertz CT molecular complexity index is 1360. The van der Waals surface area contributed by atoms with Gasteiger partial charge < -0.3 is 15.8 Å². The Morgan fingerprint density at radius 2 is 1.97 bits per heavy atom. The van der Waals surface area contributed by atoms with Crippen LogP contribution in [-0.2, 0) is 6.42 Å². The predicted molar refractivity (Wildman–Crippen MR) is 130 cm³/mol. The van der Waals surface area contributed by atoms with Crippen LogP contribution in [0, 0.1) is 0 Å². The van der Waals surface area contributed by atoms with Gasteiger partial charge in [0.1, 0.15) is 17.1 Å². The Kier molecular flexibility index (Phi) is 5.43. The summed E-state index contributed by atoms with van der Waals surface area (Å²) in [6.45, 7) is 0.751. The van der Waals surface area contributed by atoms with Gasteiger partial charge in [0.15, 0.2) is 5.65 Å². The fourth-order valence-corrected chi connectivity index (χ4v) is 4.29. The van der Waals surface area contributed by atoms with Crippen molar-refractivity contribution >= 4 is 34.1 Å². The van der Waals surface area contributed by atoms with Crippen molar-refractivity contribution in [3.8, 4) is 22.8 Å². The van der Waals surface area contributed by atoms with E-state index in [4.69, 9.17) is 20.4 Å². The van der Waals surface area contributed by atoms with E-state index in [0.717, 1.165) is 35.8 Å². The van der Waals surface area contributed by atoms with Crippen LogP contribution in [0.2, 0.25) is 0 Å². The van der Waals surface area contributed by atoms with Crippen molar-refractivity contribution in [3.63, 3.8) is 0 Å². The number of fused-ring (bicyclic) bond motifs is 1. The predicted octanol–water partition coefficient (Wildman–Crippen LogP) is 4.79. The fraction of sp³-hybridized carbons (Fsp3) is 0.125. The summed E-state index contributed by atoms with van der Waals surface area (Å²) in [5, 5.41) is 5.42. The summed E-state index contributed by atoms with van der Waals surface area (Å²) >= 11 is 1.75. The Morgan fingerprint density at radius 1 is 1.06 bits per heavy atom. The van der Waals surface area contributed by atoms with Crippen LogP contribution in [-0.4, -0.2) is 33.2 Å². The van der Waals surface area contributed by atoms with E-state index in [0.29, 0.717) is 22.8 Å². The number of ether oxygens (including phenoxy) is 1. The molecule has 0 saturated carbocycles. The number of imidazole rings is 1. The average molecular weight is 443 g/mol. The fourth-order valence-electron chi connectivity index (χ4n) is 3.58. The molecule has 5 aromatic rings. The number of thiophene rings is 1. The first-order valence-electron chi connectivity index (χ1n) is 10.2. The summed E-state index contributed by atoms with van der Waals surface area (Å²) in [7, 11) is 1.65. The molecular weight excluding hydrogens is 420 g/mol. The largest absolute Gasteiger partial charge is 0.497 e. The SMILES string of the molecule is COc1cccc(-n2c(-c3cccc(N)c3)nc3cnc(NCCc4cccs4)nc32)c1. The molecule has 8 heteroatoms. The molecule has 0 aliphatic heterocycles. The second kappa shape index (κ2) is 8.68. The number of nitrogens with zero attached hydrogens (tertiary/aromatic N) is 4. The maximum atomic E-state index is 6.05. The molecule has 7 nitrogen and oxygen atoms in total. The number of benzene rings is 2. The maximum absolute atomic E-state index is 6.05. The molecule has 0 bridgehead atoms. The van der Waals surface area contributed by atoms with Crippen molar-refractivity contribution in [3.05, 3.63) is 77.1 Å². The van der Waals surface area contributed by atoms with Crippen LogP contribution in [0.25, 0.3) is 28.2 Å². The zero-order valence-electron chi connectivity index (χ0n) is 17.5. The maximum Gasteiger partial charge on any atom is 0.224 e. The third-order valence-electron chi connectivity index (χ3n) is 5.09. The first kappa shape index (κ1) is 20.0. The van der Waals surface area contributed by atoms with Gasteiger partial charge >= 0.3 is 0 Å². The van der Waals surface area contributed by atoms with Gasteiger partial charge in [-0.3, -0.25) is 4.57 Å². The van der Waals surface area contributed by atoms with Gasteiger partial charge in [0.2, 0.25) is 5.95 Å². The van der Waals surface area contributed by atoms with Gasteiger partial charge in [-0.2, -0.15) is 4.98 Å². The van der Waals surface area contributed by atoms with Crippen LogP contribution in [0.5, 0.6) is 5.75 Å². The zero-order chi connectivity index (χ0) is 21.9. The van der Waals surface area contributed by atoms with E-state index in [1.807, 2.05) is 53.1 Å². The van der Waals surface area contributed by atoms with Gasteiger partial charge in [0.05, 0.1) is 19.0 Å². The molecular formula is C24H22N6OS. The number of nitrogens with two attached hydrogens (primary N) is 1. The number of anilines is 2. The molecule has 2 aromatic carbocycles. The lowest BCUT2D eigenvalue weighted by atomic mass is 10.2. The number of rotatable bonds is 7. The van der Waals surface area contributed by atoms with Gasteiger partial charge in [-0.15, -0.1) is 11.3 Å². The third-order valence-corrected chi connectivity index (χ3v) is 6.03. The number of aromatic nitrogens is 4.